The van der Waals surface area contributed by atoms with Crippen LogP contribution >= 0.6 is 0 Å². The van der Waals surface area contributed by atoms with Gasteiger partial charge in [0.15, 0.2) is 5.82 Å². The highest BCUT2D eigenvalue weighted by molar-refractivity contribution is 5.94. The number of nitrogens with one attached hydrogen (secondary N) is 2. The fraction of sp³-hybridized carbons (Fsp3) is 0.385. The normalized spacial score (nSPS) is 10.3. The molecule has 0 saturated carbocycles. The van der Waals surface area contributed by atoms with Gasteiger partial charge in [-0.1, -0.05) is 0 Å². The van der Waals surface area contributed by atoms with Crippen LogP contribution in [-0.4, -0.2) is 32.7 Å². The van der Waals surface area contributed by atoms with Crippen molar-refractivity contribution in [3.63, 3.8) is 0 Å². The Kier molecular flexibility index (Phi) is 4.29. The second-order valence-corrected chi connectivity index (χ2v) is 4.35. The lowest BCUT2D eigenvalue weighted by Gasteiger charge is -2.08. The van der Waals surface area contributed by atoms with Crippen LogP contribution in [0.5, 0.6) is 0 Å². The number of aryl methyl sites for hydroxylation is 2. The van der Waals surface area contributed by atoms with Gasteiger partial charge in [0.1, 0.15) is 12.1 Å². The van der Waals surface area contributed by atoms with Crippen LogP contribution in [0.25, 0.3) is 0 Å². The van der Waals surface area contributed by atoms with Gasteiger partial charge in [0, 0.05) is 24.8 Å². The van der Waals surface area contributed by atoms with E-state index < -0.39 is 0 Å². The SMILES string of the molecule is CCn1cnnc1CNC(=O)c1cc(C)nc(NC)c1. The van der Waals surface area contributed by atoms with Crippen LogP contribution in [0.4, 0.5) is 5.82 Å². The summed E-state index contributed by atoms with van der Waals surface area (Å²) in [5, 5.41) is 13.6. The first kappa shape index (κ1) is 14.0. The highest BCUT2D eigenvalue weighted by Gasteiger charge is 2.10. The molecule has 7 heteroatoms. The molecule has 1 amide bonds. The molecule has 0 aliphatic rings. The fourth-order valence-corrected chi connectivity index (χ4v) is 1.87. The first-order valence-corrected chi connectivity index (χ1v) is 6.45. The zero-order chi connectivity index (χ0) is 14.5. The third kappa shape index (κ3) is 3.11. The van der Waals surface area contributed by atoms with E-state index in [2.05, 4.69) is 25.8 Å². The Labute approximate surface area is 117 Å². The largest absolute Gasteiger partial charge is 0.373 e. The fourth-order valence-electron chi connectivity index (χ4n) is 1.87. The van der Waals surface area contributed by atoms with Gasteiger partial charge >= 0.3 is 0 Å². The highest BCUT2D eigenvalue weighted by Crippen LogP contribution is 2.09. The van der Waals surface area contributed by atoms with Gasteiger partial charge in [-0.05, 0) is 26.0 Å². The lowest BCUT2D eigenvalue weighted by atomic mass is 10.2. The summed E-state index contributed by atoms with van der Waals surface area (Å²) in [4.78, 5) is 16.4. The maximum absolute atomic E-state index is 12.1. The van der Waals surface area contributed by atoms with E-state index in [1.807, 2.05) is 18.4 Å². The lowest BCUT2D eigenvalue weighted by molar-refractivity contribution is 0.0949. The van der Waals surface area contributed by atoms with Gasteiger partial charge in [0.25, 0.3) is 5.91 Å². The molecule has 7 nitrogen and oxygen atoms in total. The van der Waals surface area contributed by atoms with Crippen molar-refractivity contribution >= 4 is 11.7 Å². The molecule has 0 spiro atoms. The average Bonchev–Trinajstić information content (AvgIpc) is 2.91. The Morgan fingerprint density at radius 2 is 2.20 bits per heavy atom. The van der Waals surface area contributed by atoms with Crippen molar-refractivity contribution in [3.8, 4) is 0 Å². The molecule has 106 valence electrons. The van der Waals surface area contributed by atoms with Crippen molar-refractivity contribution in [1.82, 2.24) is 25.1 Å². The van der Waals surface area contributed by atoms with E-state index in [4.69, 9.17) is 0 Å². The van der Waals surface area contributed by atoms with E-state index in [0.717, 1.165) is 18.1 Å². The standard InChI is InChI=1S/C13H18N6O/c1-4-19-8-16-18-12(19)7-15-13(20)10-5-9(2)17-11(6-10)14-3/h5-6,8H,4,7H2,1-3H3,(H,14,17)(H,15,20). The van der Waals surface area contributed by atoms with E-state index in [9.17, 15) is 4.79 Å². The number of aromatic nitrogens is 4. The Bertz CT molecular complexity index is 607. The molecule has 0 aliphatic heterocycles. The van der Waals surface area contributed by atoms with Gasteiger partial charge in [0.2, 0.25) is 0 Å². The summed E-state index contributed by atoms with van der Waals surface area (Å²) < 4.78 is 1.89. The summed E-state index contributed by atoms with van der Waals surface area (Å²) >= 11 is 0. The summed E-state index contributed by atoms with van der Waals surface area (Å²) in [6, 6.07) is 3.47. The number of nitrogens with zero attached hydrogens (tertiary/aromatic N) is 4. The number of pyridine rings is 1. The summed E-state index contributed by atoms with van der Waals surface area (Å²) in [6.07, 6.45) is 1.65. The molecule has 0 bridgehead atoms. The molecule has 0 aliphatic carbocycles. The first-order valence-electron chi connectivity index (χ1n) is 6.45. The molecule has 0 radical (unpaired) electrons. The summed E-state index contributed by atoms with van der Waals surface area (Å²) in [7, 11) is 1.77. The Morgan fingerprint density at radius 3 is 2.90 bits per heavy atom. The monoisotopic (exact) mass is 274 g/mol. The van der Waals surface area contributed by atoms with Crippen LogP contribution in [0.3, 0.4) is 0 Å². The smallest absolute Gasteiger partial charge is 0.251 e. The van der Waals surface area contributed by atoms with Crippen LogP contribution < -0.4 is 10.6 Å². The molecule has 0 atom stereocenters. The molecule has 2 heterocycles. The van der Waals surface area contributed by atoms with E-state index in [1.54, 1.807) is 25.5 Å². The van der Waals surface area contributed by atoms with Crippen molar-refractivity contribution < 1.29 is 4.79 Å². The molecule has 20 heavy (non-hydrogen) atoms. The van der Waals surface area contributed by atoms with Gasteiger partial charge in [-0.3, -0.25) is 4.79 Å². The number of carbonyl (C=O) groups excluding carboxylic acids is 1. The van der Waals surface area contributed by atoms with Gasteiger partial charge in [0.05, 0.1) is 6.54 Å². The molecule has 2 aromatic rings. The molecule has 0 unspecified atom stereocenters. The Morgan fingerprint density at radius 1 is 1.40 bits per heavy atom. The Balaban J connectivity index is 2.07. The average molecular weight is 274 g/mol. The first-order chi connectivity index (χ1) is 9.63. The van der Waals surface area contributed by atoms with Crippen molar-refractivity contribution in [2.24, 2.45) is 0 Å². The topological polar surface area (TPSA) is 84.7 Å². The van der Waals surface area contributed by atoms with Gasteiger partial charge in [-0.25, -0.2) is 4.98 Å². The van der Waals surface area contributed by atoms with E-state index >= 15 is 0 Å². The third-order valence-corrected chi connectivity index (χ3v) is 2.92. The van der Waals surface area contributed by atoms with Gasteiger partial charge in [-0.15, -0.1) is 10.2 Å². The molecule has 2 N–H and O–H groups in total. The predicted octanol–water partition coefficient (Wildman–Crippen LogP) is 0.973. The van der Waals surface area contributed by atoms with Crippen molar-refractivity contribution in [3.05, 3.63) is 35.5 Å². The van der Waals surface area contributed by atoms with E-state index in [0.29, 0.717) is 17.9 Å². The third-order valence-electron chi connectivity index (χ3n) is 2.92. The summed E-state index contributed by atoms with van der Waals surface area (Å²) in [5.74, 6) is 1.25. The molecule has 2 aromatic heterocycles. The zero-order valence-electron chi connectivity index (χ0n) is 11.8. The van der Waals surface area contributed by atoms with Gasteiger partial charge in [-0.2, -0.15) is 0 Å². The number of rotatable bonds is 5. The molecule has 0 aromatic carbocycles. The van der Waals surface area contributed by atoms with E-state index in [1.165, 1.54) is 0 Å². The lowest BCUT2D eigenvalue weighted by Crippen LogP contribution is -2.25. The molecule has 0 saturated heterocycles. The summed E-state index contributed by atoms with van der Waals surface area (Å²) in [6.45, 7) is 4.98. The molecular weight excluding hydrogens is 256 g/mol. The minimum atomic E-state index is -0.155. The molecular formula is C13H18N6O. The maximum atomic E-state index is 12.1. The number of anilines is 1. The number of carbonyl (C=O) groups is 1. The van der Waals surface area contributed by atoms with E-state index in [-0.39, 0.29) is 5.91 Å². The predicted molar refractivity (Wildman–Crippen MR) is 75.4 cm³/mol. The minimum absolute atomic E-state index is 0.155. The van der Waals surface area contributed by atoms with Gasteiger partial charge < -0.3 is 15.2 Å². The van der Waals surface area contributed by atoms with Crippen LogP contribution in [0.15, 0.2) is 18.5 Å². The van der Waals surface area contributed by atoms with Crippen molar-refractivity contribution in [1.29, 1.82) is 0 Å². The highest BCUT2D eigenvalue weighted by atomic mass is 16.1. The quantitative estimate of drug-likeness (QED) is 0.848. The van der Waals surface area contributed by atoms with Crippen LogP contribution in [0.1, 0.15) is 28.8 Å². The van der Waals surface area contributed by atoms with Crippen LogP contribution in [0, 0.1) is 6.92 Å². The van der Waals surface area contributed by atoms with Crippen molar-refractivity contribution in [2.45, 2.75) is 26.9 Å². The number of hydrogen-bond donors (Lipinski definition) is 2. The van der Waals surface area contributed by atoms with Crippen molar-refractivity contribution in [2.75, 3.05) is 12.4 Å². The second-order valence-electron chi connectivity index (χ2n) is 4.35. The van der Waals surface area contributed by atoms with Crippen LogP contribution in [-0.2, 0) is 13.1 Å². The summed E-state index contributed by atoms with van der Waals surface area (Å²) in [5.41, 5.74) is 1.36. The number of hydrogen-bond acceptors (Lipinski definition) is 5. The number of amides is 1. The molecule has 0 fully saturated rings. The maximum Gasteiger partial charge on any atom is 0.251 e. The Hall–Kier alpha value is -2.44. The minimum Gasteiger partial charge on any atom is -0.373 e. The molecule has 2 rings (SSSR count). The van der Waals surface area contributed by atoms with Crippen LogP contribution in [0.2, 0.25) is 0 Å². The second kappa shape index (κ2) is 6.14. The zero-order valence-corrected chi connectivity index (χ0v) is 11.8.